The zero-order valence-electron chi connectivity index (χ0n) is 56.9. The highest BCUT2D eigenvalue weighted by atomic mass is 31.2. The molecule has 9 nitrogen and oxygen atoms in total. The number of unbranched alkanes of at least 4 members (excludes halogenated alkanes) is 27. The maximum atomic E-state index is 13.6. The molecular weight excluding hydrogens is 1100 g/mol. The van der Waals surface area contributed by atoms with Gasteiger partial charge in [-0.3, -0.25) is 14.2 Å². The smallest absolute Gasteiger partial charge is 0.306 e. The molecule has 0 aliphatic carbocycles. The summed E-state index contributed by atoms with van der Waals surface area (Å²) < 4.78 is 30.4. The number of carbonyl (C=O) groups excluding carboxylic acids is 2. The van der Waals surface area contributed by atoms with Crippen LogP contribution in [-0.4, -0.2) is 69.4 Å². The number of ether oxygens (including phenoxy) is 1. The third kappa shape index (κ3) is 66.4. The van der Waals surface area contributed by atoms with Gasteiger partial charge in [0.15, 0.2) is 0 Å². The van der Waals surface area contributed by atoms with E-state index >= 15 is 0 Å². The van der Waals surface area contributed by atoms with Crippen molar-refractivity contribution in [2.45, 2.75) is 303 Å². The Morgan fingerprint density at radius 3 is 1.10 bits per heavy atom. The number of phosphoric acid groups is 1. The van der Waals surface area contributed by atoms with Crippen molar-refractivity contribution in [3.63, 3.8) is 0 Å². The van der Waals surface area contributed by atoms with Gasteiger partial charge < -0.3 is 28.5 Å². The van der Waals surface area contributed by atoms with Crippen molar-refractivity contribution in [2.24, 2.45) is 0 Å². The zero-order chi connectivity index (χ0) is 63.5. The second kappa shape index (κ2) is 65.1. The molecule has 0 aliphatic rings. The monoisotopic (exact) mass is 1230 g/mol. The van der Waals surface area contributed by atoms with Gasteiger partial charge in [-0.05, 0) is 122 Å². The molecule has 0 rings (SSSR count). The molecular formula is C77H133N2O7P. The van der Waals surface area contributed by atoms with Crippen LogP contribution in [0.3, 0.4) is 0 Å². The largest absolute Gasteiger partial charge is 0.756 e. The van der Waals surface area contributed by atoms with Gasteiger partial charge in [-0.2, -0.15) is 0 Å². The molecule has 3 atom stereocenters. The van der Waals surface area contributed by atoms with Gasteiger partial charge in [-0.1, -0.05) is 290 Å². The van der Waals surface area contributed by atoms with E-state index in [1.54, 1.807) is 0 Å². The molecule has 0 saturated heterocycles. The number of phosphoric ester groups is 1. The van der Waals surface area contributed by atoms with Gasteiger partial charge in [0.2, 0.25) is 5.91 Å². The van der Waals surface area contributed by atoms with Gasteiger partial charge in [0.25, 0.3) is 7.82 Å². The highest BCUT2D eigenvalue weighted by molar-refractivity contribution is 7.45. The van der Waals surface area contributed by atoms with E-state index < -0.39 is 26.6 Å². The van der Waals surface area contributed by atoms with Crippen molar-refractivity contribution >= 4 is 19.7 Å². The second-order valence-electron chi connectivity index (χ2n) is 24.6. The normalized spacial score (nSPS) is 14.3. The van der Waals surface area contributed by atoms with Crippen LogP contribution < -0.4 is 10.2 Å². The van der Waals surface area contributed by atoms with Crippen LogP contribution in [0.2, 0.25) is 0 Å². The average molecular weight is 1230 g/mol. The van der Waals surface area contributed by atoms with E-state index in [1.807, 2.05) is 33.3 Å². The average Bonchev–Trinajstić information content (AvgIpc) is 3.70. The number of hydrogen-bond acceptors (Lipinski definition) is 7. The minimum absolute atomic E-state index is 0.0312. The molecule has 498 valence electrons. The molecule has 0 aromatic heterocycles. The summed E-state index contributed by atoms with van der Waals surface area (Å²) in [5.41, 5.74) is 0. The van der Waals surface area contributed by atoms with Crippen molar-refractivity contribution in [2.75, 3.05) is 40.9 Å². The molecule has 0 saturated carbocycles. The lowest BCUT2D eigenvalue weighted by Crippen LogP contribution is -2.47. The lowest BCUT2D eigenvalue weighted by atomic mass is 10.0. The Kier molecular flexibility index (Phi) is 62.2. The number of hydrogen-bond donors (Lipinski definition) is 1. The Balaban J connectivity index is 5.07. The van der Waals surface area contributed by atoms with Gasteiger partial charge in [0.05, 0.1) is 33.8 Å². The van der Waals surface area contributed by atoms with Crippen LogP contribution in [0.4, 0.5) is 0 Å². The molecule has 1 N–H and O–H groups in total. The van der Waals surface area contributed by atoms with Crippen LogP contribution in [0.5, 0.6) is 0 Å². The maximum Gasteiger partial charge on any atom is 0.306 e. The molecule has 0 aromatic carbocycles. The Labute approximate surface area is 536 Å². The summed E-state index contributed by atoms with van der Waals surface area (Å²) in [6, 6.07) is -0.904. The number of nitrogens with one attached hydrogen (secondary N) is 1. The number of nitrogens with zero attached hydrogens (tertiary/aromatic N) is 1. The summed E-state index contributed by atoms with van der Waals surface area (Å²) in [5.74, 6) is -0.559. The molecule has 1 amide bonds. The Bertz CT molecular complexity index is 1950. The minimum Gasteiger partial charge on any atom is -0.756 e. The third-order valence-electron chi connectivity index (χ3n) is 15.1. The summed E-state index contributed by atoms with van der Waals surface area (Å²) in [5, 5.41) is 3.03. The predicted octanol–water partition coefficient (Wildman–Crippen LogP) is 22.2. The fraction of sp³-hybridized carbons (Fsp3) is 0.688. The summed E-state index contributed by atoms with van der Waals surface area (Å²) in [6.07, 6.45) is 92.9. The fourth-order valence-electron chi connectivity index (χ4n) is 9.69. The highest BCUT2D eigenvalue weighted by Crippen LogP contribution is 2.38. The van der Waals surface area contributed by atoms with E-state index in [0.717, 1.165) is 148 Å². The van der Waals surface area contributed by atoms with Crippen molar-refractivity contribution < 1.29 is 37.3 Å². The molecule has 87 heavy (non-hydrogen) atoms. The molecule has 0 radical (unpaired) electrons. The van der Waals surface area contributed by atoms with E-state index in [1.165, 1.54) is 109 Å². The van der Waals surface area contributed by atoms with Crippen LogP contribution in [0.25, 0.3) is 0 Å². The zero-order valence-corrected chi connectivity index (χ0v) is 57.8. The predicted molar refractivity (Wildman–Crippen MR) is 376 cm³/mol. The van der Waals surface area contributed by atoms with Gasteiger partial charge in [0.1, 0.15) is 19.3 Å². The number of esters is 1. The molecule has 0 spiro atoms. The first-order valence-corrected chi connectivity index (χ1v) is 37.0. The topological polar surface area (TPSA) is 114 Å². The van der Waals surface area contributed by atoms with E-state index in [4.69, 9.17) is 13.8 Å². The van der Waals surface area contributed by atoms with Crippen molar-refractivity contribution in [3.05, 3.63) is 134 Å². The minimum atomic E-state index is -4.72. The number of quaternary nitrogens is 1. The van der Waals surface area contributed by atoms with Crippen molar-refractivity contribution in [1.29, 1.82) is 0 Å². The molecule has 0 heterocycles. The maximum absolute atomic E-state index is 13.6. The molecule has 10 heteroatoms. The number of rotatable bonds is 63. The molecule has 3 unspecified atom stereocenters. The van der Waals surface area contributed by atoms with Gasteiger partial charge >= 0.3 is 5.97 Å². The van der Waals surface area contributed by atoms with Crippen LogP contribution in [0, 0.1) is 0 Å². The number of likely N-dealkylation sites (N-methyl/N-ethyl adjacent to an activating group) is 1. The quantitative estimate of drug-likeness (QED) is 0.0212. The fourth-order valence-corrected chi connectivity index (χ4v) is 10.4. The van der Waals surface area contributed by atoms with E-state index in [2.05, 4.69) is 148 Å². The lowest BCUT2D eigenvalue weighted by molar-refractivity contribution is -0.870. The molecule has 0 aromatic rings. The molecule has 0 fully saturated rings. The number of allylic oxidation sites excluding steroid dienone is 21. The van der Waals surface area contributed by atoms with Gasteiger partial charge in [-0.15, -0.1) is 0 Å². The van der Waals surface area contributed by atoms with Crippen molar-refractivity contribution in [1.82, 2.24) is 5.32 Å². The molecule has 0 bridgehead atoms. The first-order valence-electron chi connectivity index (χ1n) is 35.5. The first-order chi connectivity index (χ1) is 42.4. The third-order valence-corrected chi connectivity index (χ3v) is 16.0. The van der Waals surface area contributed by atoms with Crippen LogP contribution >= 0.6 is 7.82 Å². The highest BCUT2D eigenvalue weighted by Gasteiger charge is 2.27. The second-order valence-corrected chi connectivity index (χ2v) is 26.0. The Hall–Kier alpha value is -3.85. The lowest BCUT2D eigenvalue weighted by Gasteiger charge is -2.30. The van der Waals surface area contributed by atoms with Gasteiger partial charge in [-0.25, -0.2) is 0 Å². The van der Waals surface area contributed by atoms with E-state index in [0.29, 0.717) is 17.4 Å². The number of carbonyl (C=O) groups is 2. The Morgan fingerprint density at radius 1 is 0.414 bits per heavy atom. The van der Waals surface area contributed by atoms with Crippen LogP contribution in [-0.2, 0) is 27.9 Å². The van der Waals surface area contributed by atoms with Gasteiger partial charge in [0, 0.05) is 12.8 Å². The van der Waals surface area contributed by atoms with Crippen LogP contribution in [0.15, 0.2) is 134 Å². The number of amides is 1. The molecule has 0 aliphatic heterocycles. The summed E-state index contributed by atoms with van der Waals surface area (Å²) in [7, 11) is 1.16. The van der Waals surface area contributed by atoms with Crippen LogP contribution in [0.1, 0.15) is 290 Å². The standard InChI is InChI=1S/C77H133N2O7P/c1-7-10-13-16-19-22-25-27-29-31-33-35-37-39-41-43-45-47-49-51-54-57-60-63-66-69-76(80)78-74(73-85-87(82,83)84-72-71-79(4,5)6)75(68-65-62-59-56-53-24-21-18-15-12-9-3)86-77(81)70-67-64-61-58-55-52-50-48-46-44-42-40-38-36-34-32-30-28-26-23-20-17-14-11-8-2/h10-11,13-14,19-20,22-23,27-30,33-36,39-42,65,68,74-75H,7-9,12,15-18,21,24-26,31-32,37-38,43-64,66-67,69-73H2,1-6H3,(H-,78,80,82,83)/b13-10-,14-11-,22-19-,23-20-,29-27-,30-28-,35-33-,36-34-,41-39-,42-40-,68-65+. The van der Waals surface area contributed by atoms with E-state index in [-0.39, 0.29) is 24.9 Å². The Morgan fingerprint density at radius 2 is 0.736 bits per heavy atom. The summed E-state index contributed by atoms with van der Waals surface area (Å²) >= 11 is 0. The first kappa shape index (κ1) is 83.2. The summed E-state index contributed by atoms with van der Waals surface area (Å²) in [4.78, 5) is 40.2. The van der Waals surface area contributed by atoms with E-state index in [9.17, 15) is 19.0 Å². The SMILES string of the molecule is CC/C=C\C/C=C\C/C=C\C/C=C\C/C=C\CCCCCCCCCCCC(=O)NC(COP(=O)([O-])OCC[N+](C)(C)C)C(/C=C/CCCCCCCCCCC)OC(=O)CCCCCCCCCCC/C=C\C/C=C\C/C=C\C/C=C\C/C=C\CC. The summed E-state index contributed by atoms with van der Waals surface area (Å²) in [6.45, 7) is 6.61. The van der Waals surface area contributed by atoms with Crippen molar-refractivity contribution in [3.8, 4) is 0 Å².